The largest absolute Gasteiger partial charge is 0.444 e. The minimum atomic E-state index is -3.66. The van der Waals surface area contributed by atoms with Crippen LogP contribution in [0.15, 0.2) is 29.2 Å². The van der Waals surface area contributed by atoms with E-state index in [9.17, 15) is 13.2 Å². The first-order valence-corrected chi connectivity index (χ1v) is 9.80. The van der Waals surface area contributed by atoms with Gasteiger partial charge in [-0.15, -0.1) is 0 Å². The van der Waals surface area contributed by atoms with Crippen LogP contribution in [0.5, 0.6) is 0 Å². The van der Waals surface area contributed by atoms with Crippen LogP contribution in [0.25, 0.3) is 0 Å². The van der Waals surface area contributed by atoms with Gasteiger partial charge in [0.05, 0.1) is 4.90 Å². The highest BCUT2D eigenvalue weighted by Gasteiger charge is 2.35. The second-order valence-corrected chi connectivity index (χ2v) is 9.15. The topological polar surface area (TPSA) is 63.7 Å². The average Bonchev–Trinajstić information content (AvgIpc) is 2.45. The van der Waals surface area contributed by atoms with Crippen molar-refractivity contribution in [3.63, 3.8) is 0 Å². The van der Waals surface area contributed by atoms with E-state index in [1.807, 2.05) is 13.8 Å². The third-order valence-corrected chi connectivity index (χ3v) is 5.82. The summed E-state index contributed by atoms with van der Waals surface area (Å²) in [5.74, 6) is 0. The fourth-order valence-electron chi connectivity index (χ4n) is 2.27. The van der Waals surface area contributed by atoms with Crippen LogP contribution in [0.3, 0.4) is 0 Å². The zero-order chi connectivity index (χ0) is 18.5. The van der Waals surface area contributed by atoms with Crippen LogP contribution < -0.4 is 0 Å². The molecular formula is C18H29NO4S. The number of benzene rings is 1. The SMILES string of the molecule is CCCCC(N(C)C(=O)OC(C)(C)C)S(=O)(=O)c1ccc(C)cc1. The molecule has 1 aromatic rings. The smallest absolute Gasteiger partial charge is 0.411 e. The van der Waals surface area contributed by atoms with E-state index in [1.165, 1.54) is 11.9 Å². The third kappa shape index (κ3) is 5.51. The van der Waals surface area contributed by atoms with Crippen LogP contribution in [0.4, 0.5) is 4.79 Å². The number of amides is 1. The van der Waals surface area contributed by atoms with E-state index in [-0.39, 0.29) is 4.90 Å². The normalized spacial score (nSPS) is 13.4. The lowest BCUT2D eigenvalue weighted by molar-refractivity contribution is 0.0268. The molecule has 0 radical (unpaired) electrons. The molecule has 5 nitrogen and oxygen atoms in total. The summed E-state index contributed by atoms with van der Waals surface area (Å²) in [7, 11) is -2.18. The maximum atomic E-state index is 13.0. The molecule has 6 heteroatoms. The molecule has 1 atom stereocenters. The maximum absolute atomic E-state index is 13.0. The Bertz CT molecular complexity index is 645. The number of rotatable bonds is 6. The van der Waals surface area contributed by atoms with Gasteiger partial charge in [-0.3, -0.25) is 4.90 Å². The molecule has 1 rings (SSSR count). The predicted molar refractivity (Wildman–Crippen MR) is 95.7 cm³/mol. The van der Waals surface area contributed by atoms with Gasteiger partial charge in [-0.25, -0.2) is 13.2 Å². The summed E-state index contributed by atoms with van der Waals surface area (Å²) in [5.41, 5.74) is 0.313. The summed E-state index contributed by atoms with van der Waals surface area (Å²) in [5, 5.41) is -0.935. The van der Waals surface area contributed by atoms with Crippen LogP contribution in [-0.4, -0.2) is 37.4 Å². The van der Waals surface area contributed by atoms with Crippen LogP contribution in [0, 0.1) is 6.92 Å². The van der Waals surface area contributed by atoms with Gasteiger partial charge in [-0.2, -0.15) is 0 Å². The van der Waals surface area contributed by atoms with E-state index in [4.69, 9.17) is 4.74 Å². The van der Waals surface area contributed by atoms with Crippen molar-refractivity contribution < 1.29 is 17.9 Å². The molecule has 0 bridgehead atoms. The van der Waals surface area contributed by atoms with Crippen molar-refractivity contribution in [1.29, 1.82) is 0 Å². The van der Waals surface area contributed by atoms with Crippen molar-refractivity contribution in [2.24, 2.45) is 0 Å². The number of nitrogens with zero attached hydrogens (tertiary/aromatic N) is 1. The monoisotopic (exact) mass is 355 g/mol. The van der Waals surface area contributed by atoms with Gasteiger partial charge in [0, 0.05) is 7.05 Å². The molecule has 0 aliphatic heterocycles. The van der Waals surface area contributed by atoms with Gasteiger partial charge in [0.1, 0.15) is 11.0 Å². The summed E-state index contributed by atoms with van der Waals surface area (Å²) >= 11 is 0. The molecule has 1 unspecified atom stereocenters. The number of hydrogen-bond donors (Lipinski definition) is 0. The molecule has 0 aliphatic carbocycles. The number of carbonyl (C=O) groups is 1. The average molecular weight is 356 g/mol. The Kier molecular flexibility index (Phi) is 6.84. The zero-order valence-electron chi connectivity index (χ0n) is 15.5. The number of carbonyl (C=O) groups excluding carboxylic acids is 1. The molecule has 0 spiro atoms. The van der Waals surface area contributed by atoms with Crippen molar-refractivity contribution in [3.8, 4) is 0 Å². The van der Waals surface area contributed by atoms with Crippen LogP contribution >= 0.6 is 0 Å². The molecule has 1 aromatic carbocycles. The number of hydrogen-bond acceptors (Lipinski definition) is 4. The van der Waals surface area contributed by atoms with E-state index >= 15 is 0 Å². The van der Waals surface area contributed by atoms with Gasteiger partial charge in [-0.05, 0) is 46.2 Å². The molecular weight excluding hydrogens is 326 g/mol. The first-order valence-electron chi connectivity index (χ1n) is 8.25. The Balaban J connectivity index is 3.15. The van der Waals surface area contributed by atoms with Crippen molar-refractivity contribution in [3.05, 3.63) is 29.8 Å². The Labute approximate surface area is 145 Å². The van der Waals surface area contributed by atoms with E-state index in [0.717, 1.165) is 12.0 Å². The first-order chi connectivity index (χ1) is 11.0. The second-order valence-electron chi connectivity index (χ2n) is 7.05. The Morgan fingerprint density at radius 2 is 1.75 bits per heavy atom. The molecule has 0 saturated carbocycles. The fraction of sp³-hybridized carbons (Fsp3) is 0.611. The number of ether oxygens (including phenoxy) is 1. The fourth-order valence-corrected chi connectivity index (χ4v) is 4.08. The second kappa shape index (κ2) is 8.01. The lowest BCUT2D eigenvalue weighted by Crippen LogP contribution is -2.44. The highest BCUT2D eigenvalue weighted by molar-refractivity contribution is 7.92. The molecule has 0 aromatic heterocycles. The number of sulfone groups is 1. The van der Waals surface area contributed by atoms with E-state index < -0.39 is 26.9 Å². The lowest BCUT2D eigenvalue weighted by Gasteiger charge is -2.30. The summed E-state index contributed by atoms with van der Waals surface area (Å²) in [6.45, 7) is 9.16. The van der Waals surface area contributed by atoms with Gasteiger partial charge in [0.15, 0.2) is 9.84 Å². The standard InChI is InChI=1S/C18H29NO4S/c1-7-8-9-16(19(6)17(20)23-18(3,4)5)24(21,22)15-12-10-14(2)11-13-15/h10-13,16H,7-9H2,1-6H3. The van der Waals surface area contributed by atoms with Gasteiger partial charge < -0.3 is 4.74 Å². The summed E-state index contributed by atoms with van der Waals surface area (Å²) in [6, 6.07) is 6.70. The molecule has 0 fully saturated rings. The number of aryl methyl sites for hydroxylation is 1. The van der Waals surface area contributed by atoms with Crippen molar-refractivity contribution >= 4 is 15.9 Å². The van der Waals surface area contributed by atoms with Gasteiger partial charge in [-0.1, -0.05) is 37.5 Å². The molecule has 0 heterocycles. The summed E-state index contributed by atoms with van der Waals surface area (Å²) in [6.07, 6.45) is 1.31. The zero-order valence-corrected chi connectivity index (χ0v) is 16.3. The van der Waals surface area contributed by atoms with Gasteiger partial charge >= 0.3 is 6.09 Å². The summed E-state index contributed by atoms with van der Waals surface area (Å²) in [4.78, 5) is 13.8. The Hall–Kier alpha value is -1.56. The maximum Gasteiger partial charge on any atom is 0.411 e. The molecule has 0 N–H and O–H groups in total. The van der Waals surface area contributed by atoms with Crippen LogP contribution in [-0.2, 0) is 14.6 Å². The quantitative estimate of drug-likeness (QED) is 0.769. The molecule has 0 aliphatic rings. The predicted octanol–water partition coefficient (Wildman–Crippen LogP) is 4.15. The molecule has 1 amide bonds. The van der Waals surface area contributed by atoms with Crippen molar-refractivity contribution in [1.82, 2.24) is 4.90 Å². The Morgan fingerprint density at radius 3 is 2.21 bits per heavy atom. The third-order valence-electron chi connectivity index (χ3n) is 3.63. The van der Waals surface area contributed by atoms with Gasteiger partial charge in [0.2, 0.25) is 0 Å². The van der Waals surface area contributed by atoms with Crippen LogP contribution in [0.2, 0.25) is 0 Å². The highest BCUT2D eigenvalue weighted by Crippen LogP contribution is 2.24. The highest BCUT2D eigenvalue weighted by atomic mass is 32.2. The van der Waals surface area contributed by atoms with Crippen LogP contribution in [0.1, 0.15) is 52.5 Å². The minimum absolute atomic E-state index is 0.226. The van der Waals surface area contributed by atoms with Crippen molar-refractivity contribution in [2.45, 2.75) is 69.8 Å². The van der Waals surface area contributed by atoms with Crippen molar-refractivity contribution in [2.75, 3.05) is 7.05 Å². The molecule has 0 saturated heterocycles. The van der Waals surface area contributed by atoms with E-state index in [2.05, 4.69) is 0 Å². The molecule has 24 heavy (non-hydrogen) atoms. The van der Waals surface area contributed by atoms with E-state index in [0.29, 0.717) is 12.8 Å². The lowest BCUT2D eigenvalue weighted by atomic mass is 10.2. The number of unbranched alkanes of at least 4 members (excludes halogenated alkanes) is 1. The molecule has 136 valence electrons. The summed E-state index contributed by atoms with van der Waals surface area (Å²) < 4.78 is 31.4. The van der Waals surface area contributed by atoms with E-state index in [1.54, 1.807) is 45.0 Å². The first kappa shape index (κ1) is 20.5. The minimum Gasteiger partial charge on any atom is -0.444 e. The van der Waals surface area contributed by atoms with Gasteiger partial charge in [0.25, 0.3) is 0 Å². The Morgan fingerprint density at radius 1 is 1.21 bits per heavy atom.